The lowest BCUT2D eigenvalue weighted by atomic mass is 9.76. The Morgan fingerprint density at radius 3 is 2.85 bits per heavy atom. The van der Waals surface area contributed by atoms with Gasteiger partial charge in [-0.2, -0.15) is 0 Å². The van der Waals surface area contributed by atoms with Crippen LogP contribution in [0.5, 0.6) is 0 Å². The van der Waals surface area contributed by atoms with E-state index in [1.54, 1.807) is 0 Å². The van der Waals surface area contributed by atoms with Crippen molar-refractivity contribution < 1.29 is 4.79 Å². The Bertz CT molecular complexity index is 305. The average Bonchev–Trinajstić information content (AvgIpc) is 2.46. The molecule has 20 heavy (non-hydrogen) atoms. The van der Waals surface area contributed by atoms with E-state index in [0.29, 0.717) is 11.8 Å². The van der Waals surface area contributed by atoms with Gasteiger partial charge in [0.1, 0.15) is 0 Å². The van der Waals surface area contributed by atoms with Crippen LogP contribution in [0.1, 0.15) is 65.2 Å². The van der Waals surface area contributed by atoms with Crippen LogP contribution in [0.3, 0.4) is 0 Å². The minimum atomic E-state index is -0.132. The van der Waals surface area contributed by atoms with E-state index in [1.807, 2.05) is 0 Å². The van der Waals surface area contributed by atoms with Gasteiger partial charge in [0, 0.05) is 13.1 Å². The first-order chi connectivity index (χ1) is 9.66. The maximum atomic E-state index is 12.7. The lowest BCUT2D eigenvalue weighted by Gasteiger charge is -2.37. The fourth-order valence-corrected chi connectivity index (χ4v) is 4.14. The van der Waals surface area contributed by atoms with Crippen LogP contribution >= 0.6 is 0 Å². The standard InChI is InChI=1S/C17H32N2O/c1-3-8-17(9-5-10-18-13-17)16(20)19-12-15-7-4-6-14(2)11-15/h14-15,18H,3-13H2,1-2H3,(H,19,20). The second-order valence-corrected chi connectivity index (χ2v) is 7.16. The molecule has 2 N–H and O–H groups in total. The van der Waals surface area contributed by atoms with Gasteiger partial charge < -0.3 is 10.6 Å². The van der Waals surface area contributed by atoms with E-state index < -0.39 is 0 Å². The van der Waals surface area contributed by atoms with Crippen LogP contribution in [-0.2, 0) is 4.79 Å². The van der Waals surface area contributed by atoms with Crippen molar-refractivity contribution in [3.05, 3.63) is 0 Å². The van der Waals surface area contributed by atoms with E-state index in [4.69, 9.17) is 0 Å². The molecule has 3 nitrogen and oxygen atoms in total. The summed E-state index contributed by atoms with van der Waals surface area (Å²) in [6, 6.07) is 0. The summed E-state index contributed by atoms with van der Waals surface area (Å²) < 4.78 is 0. The molecule has 0 bridgehead atoms. The van der Waals surface area contributed by atoms with Crippen LogP contribution in [0.4, 0.5) is 0 Å². The highest BCUT2D eigenvalue weighted by molar-refractivity contribution is 5.83. The largest absolute Gasteiger partial charge is 0.355 e. The number of nitrogens with one attached hydrogen (secondary N) is 2. The molecule has 3 unspecified atom stereocenters. The Morgan fingerprint density at radius 2 is 2.20 bits per heavy atom. The molecule has 2 fully saturated rings. The molecule has 2 rings (SSSR count). The van der Waals surface area contributed by atoms with Gasteiger partial charge in [-0.3, -0.25) is 4.79 Å². The van der Waals surface area contributed by atoms with Crippen molar-refractivity contribution >= 4 is 5.91 Å². The highest BCUT2D eigenvalue weighted by Gasteiger charge is 2.38. The van der Waals surface area contributed by atoms with Crippen LogP contribution in [0.25, 0.3) is 0 Å². The van der Waals surface area contributed by atoms with Gasteiger partial charge >= 0.3 is 0 Å². The summed E-state index contributed by atoms with van der Waals surface area (Å²) in [5.74, 6) is 1.86. The van der Waals surface area contributed by atoms with Gasteiger partial charge in [-0.15, -0.1) is 0 Å². The van der Waals surface area contributed by atoms with Crippen molar-refractivity contribution in [2.75, 3.05) is 19.6 Å². The van der Waals surface area contributed by atoms with E-state index in [1.165, 1.54) is 25.7 Å². The lowest BCUT2D eigenvalue weighted by molar-refractivity contribution is -0.132. The van der Waals surface area contributed by atoms with Crippen molar-refractivity contribution in [1.29, 1.82) is 0 Å². The molecule has 0 aromatic carbocycles. The predicted molar refractivity (Wildman–Crippen MR) is 83.6 cm³/mol. The van der Waals surface area contributed by atoms with Crippen molar-refractivity contribution in [1.82, 2.24) is 10.6 Å². The fourth-order valence-electron chi connectivity index (χ4n) is 4.14. The molecule has 0 aromatic heterocycles. The van der Waals surface area contributed by atoms with E-state index in [2.05, 4.69) is 24.5 Å². The van der Waals surface area contributed by atoms with E-state index in [0.717, 1.165) is 51.2 Å². The lowest BCUT2D eigenvalue weighted by Crippen LogP contribution is -2.51. The van der Waals surface area contributed by atoms with Gasteiger partial charge in [-0.1, -0.05) is 33.1 Å². The summed E-state index contributed by atoms with van der Waals surface area (Å²) in [6.07, 6.45) is 9.59. The van der Waals surface area contributed by atoms with Gasteiger partial charge in [0.05, 0.1) is 5.41 Å². The minimum Gasteiger partial charge on any atom is -0.355 e. The van der Waals surface area contributed by atoms with Crippen LogP contribution in [0, 0.1) is 17.3 Å². The first kappa shape index (κ1) is 15.8. The topological polar surface area (TPSA) is 41.1 Å². The summed E-state index contributed by atoms with van der Waals surface area (Å²) in [4.78, 5) is 12.7. The van der Waals surface area contributed by atoms with E-state index in [-0.39, 0.29) is 5.41 Å². The molecular formula is C17H32N2O. The third-order valence-electron chi connectivity index (χ3n) is 5.28. The van der Waals surface area contributed by atoms with Gasteiger partial charge in [0.25, 0.3) is 0 Å². The Balaban J connectivity index is 1.85. The van der Waals surface area contributed by atoms with Crippen molar-refractivity contribution in [3.8, 4) is 0 Å². The maximum absolute atomic E-state index is 12.7. The summed E-state index contributed by atoms with van der Waals surface area (Å²) >= 11 is 0. The van der Waals surface area contributed by atoms with Gasteiger partial charge in [-0.25, -0.2) is 0 Å². The summed E-state index contributed by atoms with van der Waals surface area (Å²) in [5.41, 5.74) is -0.132. The normalized spacial score (nSPS) is 34.7. The highest BCUT2D eigenvalue weighted by Crippen LogP contribution is 2.32. The van der Waals surface area contributed by atoms with Crippen LogP contribution in [-0.4, -0.2) is 25.5 Å². The Morgan fingerprint density at radius 1 is 1.35 bits per heavy atom. The average molecular weight is 280 g/mol. The van der Waals surface area contributed by atoms with E-state index >= 15 is 0 Å². The number of carbonyl (C=O) groups excluding carboxylic acids is 1. The Labute approximate surface area is 124 Å². The van der Waals surface area contributed by atoms with Gasteiger partial charge in [-0.05, 0) is 50.5 Å². The van der Waals surface area contributed by atoms with Crippen LogP contribution in [0.15, 0.2) is 0 Å². The molecule has 0 radical (unpaired) electrons. The zero-order valence-electron chi connectivity index (χ0n) is 13.3. The molecule has 1 aliphatic heterocycles. The zero-order valence-corrected chi connectivity index (χ0v) is 13.3. The first-order valence-electron chi connectivity index (χ1n) is 8.65. The van der Waals surface area contributed by atoms with Gasteiger partial charge in [0.15, 0.2) is 0 Å². The molecule has 3 heteroatoms. The number of hydrogen-bond donors (Lipinski definition) is 2. The summed E-state index contributed by atoms with van der Waals surface area (Å²) in [6.45, 7) is 7.37. The molecule has 1 saturated carbocycles. The molecule has 116 valence electrons. The second kappa shape index (κ2) is 7.44. The van der Waals surface area contributed by atoms with E-state index in [9.17, 15) is 4.79 Å². The molecule has 1 aliphatic carbocycles. The predicted octanol–water partition coefficient (Wildman–Crippen LogP) is 3.10. The second-order valence-electron chi connectivity index (χ2n) is 7.16. The molecule has 1 amide bonds. The smallest absolute Gasteiger partial charge is 0.227 e. The molecule has 1 saturated heterocycles. The molecule has 3 atom stereocenters. The number of piperidine rings is 1. The van der Waals surface area contributed by atoms with Crippen molar-refractivity contribution in [2.24, 2.45) is 17.3 Å². The molecule has 0 aromatic rings. The third kappa shape index (κ3) is 3.97. The minimum absolute atomic E-state index is 0.132. The molecule has 0 spiro atoms. The third-order valence-corrected chi connectivity index (χ3v) is 5.28. The highest BCUT2D eigenvalue weighted by atomic mass is 16.2. The number of amides is 1. The fraction of sp³-hybridized carbons (Fsp3) is 0.941. The Kier molecular flexibility index (Phi) is 5.88. The maximum Gasteiger partial charge on any atom is 0.227 e. The molecule has 2 aliphatic rings. The Hall–Kier alpha value is -0.570. The van der Waals surface area contributed by atoms with Crippen molar-refractivity contribution in [3.63, 3.8) is 0 Å². The molecular weight excluding hydrogens is 248 g/mol. The van der Waals surface area contributed by atoms with Crippen molar-refractivity contribution in [2.45, 2.75) is 65.2 Å². The first-order valence-corrected chi connectivity index (χ1v) is 8.65. The van der Waals surface area contributed by atoms with Crippen LogP contribution < -0.4 is 10.6 Å². The zero-order chi connectivity index (χ0) is 14.4. The number of carbonyl (C=O) groups is 1. The summed E-state index contributed by atoms with van der Waals surface area (Å²) in [7, 11) is 0. The summed E-state index contributed by atoms with van der Waals surface area (Å²) in [5, 5.41) is 6.71. The number of rotatable bonds is 5. The van der Waals surface area contributed by atoms with Crippen LogP contribution in [0.2, 0.25) is 0 Å². The van der Waals surface area contributed by atoms with Gasteiger partial charge in [0.2, 0.25) is 5.91 Å². The monoisotopic (exact) mass is 280 g/mol. The SMILES string of the molecule is CCCC1(C(=O)NCC2CCCC(C)C2)CCCNC1. The molecule has 1 heterocycles. The quantitative estimate of drug-likeness (QED) is 0.812. The number of hydrogen-bond acceptors (Lipinski definition) is 2.